The summed E-state index contributed by atoms with van der Waals surface area (Å²) in [5.74, 6) is -0.151. The third-order valence-electron chi connectivity index (χ3n) is 3.32. The average Bonchev–Trinajstić information content (AvgIpc) is 3.22. The lowest BCUT2D eigenvalue weighted by Gasteiger charge is -1.96. The minimum atomic E-state index is -0.151. The first kappa shape index (κ1) is 14.0. The van der Waals surface area contributed by atoms with Crippen molar-refractivity contribution in [3.8, 4) is 10.6 Å². The molecule has 0 aliphatic carbocycles. The largest absolute Gasteiger partial charge is 0.296 e. The average molecular weight is 337 g/mol. The summed E-state index contributed by atoms with van der Waals surface area (Å²) in [5, 5.41) is 13.4. The Bertz CT molecular complexity index is 943. The van der Waals surface area contributed by atoms with Crippen LogP contribution in [0.3, 0.4) is 0 Å². The Morgan fingerprint density at radius 2 is 1.70 bits per heavy atom. The number of carbonyl (C=O) groups excluding carboxylic acids is 1. The van der Waals surface area contributed by atoms with Crippen LogP contribution in [0.5, 0.6) is 0 Å². The van der Waals surface area contributed by atoms with Crippen LogP contribution in [0, 0.1) is 0 Å². The second-order valence-corrected chi connectivity index (χ2v) is 6.94. The van der Waals surface area contributed by atoms with Crippen LogP contribution >= 0.6 is 22.7 Å². The number of amides is 1. The van der Waals surface area contributed by atoms with E-state index in [0.29, 0.717) is 10.0 Å². The van der Waals surface area contributed by atoms with Crippen molar-refractivity contribution in [1.29, 1.82) is 0 Å². The van der Waals surface area contributed by atoms with Crippen LogP contribution in [0.25, 0.3) is 20.7 Å². The van der Waals surface area contributed by atoms with Crippen LogP contribution in [0.4, 0.5) is 5.13 Å². The number of benzene rings is 2. The van der Waals surface area contributed by atoms with Crippen LogP contribution in [0.1, 0.15) is 9.67 Å². The molecule has 4 rings (SSSR count). The molecule has 6 heteroatoms. The highest BCUT2D eigenvalue weighted by Crippen LogP contribution is 2.28. The highest BCUT2D eigenvalue weighted by Gasteiger charge is 2.13. The summed E-state index contributed by atoms with van der Waals surface area (Å²) in [4.78, 5) is 13.0. The highest BCUT2D eigenvalue weighted by atomic mass is 32.1. The van der Waals surface area contributed by atoms with Gasteiger partial charge in [0.25, 0.3) is 5.91 Å². The van der Waals surface area contributed by atoms with Gasteiger partial charge in [-0.05, 0) is 17.5 Å². The van der Waals surface area contributed by atoms with Crippen LogP contribution in [0.2, 0.25) is 0 Å². The van der Waals surface area contributed by atoms with Crippen LogP contribution < -0.4 is 5.32 Å². The third kappa shape index (κ3) is 2.86. The molecule has 0 aliphatic rings. The fraction of sp³-hybridized carbons (Fsp3) is 0. The Labute approximate surface area is 140 Å². The summed E-state index contributed by atoms with van der Waals surface area (Å²) in [6, 6.07) is 19.6. The summed E-state index contributed by atoms with van der Waals surface area (Å²) < 4.78 is 1.10. The summed E-state index contributed by atoms with van der Waals surface area (Å²) in [5.41, 5.74) is 0.993. The van der Waals surface area contributed by atoms with Crippen LogP contribution in [-0.2, 0) is 0 Å². The molecule has 0 bridgehead atoms. The van der Waals surface area contributed by atoms with E-state index >= 15 is 0 Å². The second-order valence-electron chi connectivity index (χ2n) is 4.88. The van der Waals surface area contributed by atoms with Crippen molar-refractivity contribution in [1.82, 2.24) is 10.2 Å². The van der Waals surface area contributed by atoms with E-state index < -0.39 is 0 Å². The van der Waals surface area contributed by atoms with Gasteiger partial charge in [-0.1, -0.05) is 59.9 Å². The number of rotatable bonds is 3. The topological polar surface area (TPSA) is 54.9 Å². The molecule has 0 atom stereocenters. The number of anilines is 1. The first-order chi connectivity index (χ1) is 11.3. The maximum absolute atomic E-state index is 12.4. The highest BCUT2D eigenvalue weighted by molar-refractivity contribution is 7.21. The Morgan fingerprint density at radius 1 is 0.913 bits per heavy atom. The standard InChI is InChI=1S/C17H11N3OS2/c21-15(14-10-12-8-4-5-9-13(12)22-14)18-17-20-19-16(23-17)11-6-2-1-3-7-11/h1-10H,(H,18,20,21). The first-order valence-corrected chi connectivity index (χ1v) is 8.62. The molecule has 1 amide bonds. The maximum Gasteiger partial charge on any atom is 0.267 e. The normalized spacial score (nSPS) is 10.8. The molecule has 4 nitrogen and oxygen atoms in total. The van der Waals surface area contributed by atoms with Gasteiger partial charge >= 0.3 is 0 Å². The number of fused-ring (bicyclic) bond motifs is 1. The van der Waals surface area contributed by atoms with Crippen molar-refractivity contribution < 1.29 is 4.79 Å². The van der Waals surface area contributed by atoms with Gasteiger partial charge in [0.1, 0.15) is 5.01 Å². The smallest absolute Gasteiger partial charge is 0.267 e. The van der Waals surface area contributed by atoms with Gasteiger partial charge in [-0.15, -0.1) is 21.5 Å². The van der Waals surface area contributed by atoms with E-state index in [1.165, 1.54) is 22.7 Å². The Kier molecular flexibility index (Phi) is 3.61. The van der Waals surface area contributed by atoms with Crippen molar-refractivity contribution in [2.45, 2.75) is 0 Å². The monoisotopic (exact) mass is 337 g/mol. The molecule has 0 radical (unpaired) electrons. The van der Waals surface area contributed by atoms with Gasteiger partial charge < -0.3 is 0 Å². The van der Waals surface area contributed by atoms with Crippen molar-refractivity contribution in [3.63, 3.8) is 0 Å². The number of nitrogens with zero attached hydrogens (tertiary/aromatic N) is 2. The second kappa shape index (κ2) is 5.91. The molecule has 0 unspecified atom stereocenters. The molecule has 0 saturated heterocycles. The molecule has 2 aromatic carbocycles. The van der Waals surface area contributed by atoms with E-state index in [4.69, 9.17) is 0 Å². The van der Waals surface area contributed by atoms with Crippen LogP contribution in [-0.4, -0.2) is 16.1 Å². The lowest BCUT2D eigenvalue weighted by atomic mass is 10.2. The van der Waals surface area contributed by atoms with Crippen molar-refractivity contribution >= 4 is 43.8 Å². The summed E-state index contributed by atoms with van der Waals surface area (Å²) >= 11 is 2.84. The molecule has 1 N–H and O–H groups in total. The van der Waals surface area contributed by atoms with Gasteiger partial charge in [-0.25, -0.2) is 0 Å². The predicted octanol–water partition coefficient (Wildman–Crippen LogP) is 4.67. The molecule has 23 heavy (non-hydrogen) atoms. The maximum atomic E-state index is 12.4. The fourth-order valence-corrected chi connectivity index (χ4v) is 3.93. The Balaban J connectivity index is 1.56. The molecule has 0 aliphatic heterocycles. The molecular weight excluding hydrogens is 326 g/mol. The number of aromatic nitrogens is 2. The van der Waals surface area contributed by atoms with Crippen molar-refractivity contribution in [2.24, 2.45) is 0 Å². The molecule has 112 valence electrons. The third-order valence-corrected chi connectivity index (χ3v) is 5.32. The molecular formula is C17H11N3OS2. The Morgan fingerprint density at radius 3 is 2.52 bits per heavy atom. The van der Waals surface area contributed by atoms with Crippen LogP contribution in [0.15, 0.2) is 60.7 Å². The zero-order valence-electron chi connectivity index (χ0n) is 11.9. The first-order valence-electron chi connectivity index (χ1n) is 6.98. The lowest BCUT2D eigenvalue weighted by Crippen LogP contribution is -2.09. The van der Waals surface area contributed by atoms with E-state index in [1.54, 1.807) is 0 Å². The van der Waals surface area contributed by atoms with Gasteiger partial charge in [0.15, 0.2) is 0 Å². The minimum absolute atomic E-state index is 0.151. The summed E-state index contributed by atoms with van der Waals surface area (Å²) in [6.07, 6.45) is 0. The number of carbonyl (C=O) groups is 1. The van der Waals surface area contributed by atoms with Crippen molar-refractivity contribution in [2.75, 3.05) is 5.32 Å². The Hall–Kier alpha value is -2.57. The lowest BCUT2D eigenvalue weighted by molar-refractivity contribution is 0.103. The fourth-order valence-electron chi connectivity index (χ4n) is 2.22. The van der Waals surface area contributed by atoms with Gasteiger partial charge in [0.2, 0.25) is 5.13 Å². The summed E-state index contributed by atoms with van der Waals surface area (Å²) in [7, 11) is 0. The van der Waals surface area contributed by atoms with Crippen molar-refractivity contribution in [3.05, 3.63) is 65.5 Å². The quantitative estimate of drug-likeness (QED) is 0.591. The molecule has 2 heterocycles. The van der Waals surface area contributed by atoms with E-state index in [2.05, 4.69) is 15.5 Å². The molecule has 0 fully saturated rings. The number of hydrogen-bond donors (Lipinski definition) is 1. The summed E-state index contributed by atoms with van der Waals surface area (Å²) in [6.45, 7) is 0. The van der Waals surface area contributed by atoms with E-state index in [9.17, 15) is 4.79 Å². The van der Waals surface area contributed by atoms with Gasteiger partial charge in [-0.3, -0.25) is 10.1 Å². The number of thiophene rings is 1. The van der Waals surface area contributed by atoms with E-state index in [-0.39, 0.29) is 5.91 Å². The molecule has 2 aromatic heterocycles. The SMILES string of the molecule is O=C(Nc1nnc(-c2ccccc2)s1)c1cc2ccccc2s1. The molecule has 0 saturated carbocycles. The zero-order chi connectivity index (χ0) is 15.6. The van der Waals surface area contributed by atoms with Gasteiger partial charge in [0.05, 0.1) is 4.88 Å². The van der Waals surface area contributed by atoms with Gasteiger partial charge in [-0.2, -0.15) is 0 Å². The predicted molar refractivity (Wildman–Crippen MR) is 95.1 cm³/mol. The molecule has 0 spiro atoms. The minimum Gasteiger partial charge on any atom is -0.296 e. The number of hydrogen-bond acceptors (Lipinski definition) is 5. The van der Waals surface area contributed by atoms with Gasteiger partial charge in [0, 0.05) is 10.3 Å². The number of nitrogens with one attached hydrogen (secondary N) is 1. The van der Waals surface area contributed by atoms with E-state index in [1.807, 2.05) is 60.7 Å². The van der Waals surface area contributed by atoms with E-state index in [0.717, 1.165) is 20.7 Å². The zero-order valence-corrected chi connectivity index (χ0v) is 13.5. The molecule has 4 aromatic rings.